The molecular formula is C21H34BrN7O2. The molecule has 2 atom stereocenters. The van der Waals surface area contributed by atoms with Crippen molar-refractivity contribution in [3.63, 3.8) is 0 Å². The summed E-state index contributed by atoms with van der Waals surface area (Å²) in [6, 6.07) is 7.47. The molecule has 7 N–H and O–H groups in total. The minimum atomic E-state index is -0.787. The molecule has 0 aliphatic carbocycles. The fourth-order valence-electron chi connectivity index (χ4n) is 3.39. The van der Waals surface area contributed by atoms with Crippen molar-refractivity contribution in [2.75, 3.05) is 19.9 Å². The summed E-state index contributed by atoms with van der Waals surface area (Å²) in [6.45, 7) is 8.31. The smallest absolute Gasteiger partial charge is 0.410 e. The van der Waals surface area contributed by atoms with Gasteiger partial charge in [-0.1, -0.05) is 28.1 Å². The van der Waals surface area contributed by atoms with E-state index in [1.54, 1.807) is 4.90 Å². The number of hydrogen-bond donors (Lipinski definition) is 4. The molecule has 0 aromatic heterocycles. The Morgan fingerprint density at radius 3 is 2.45 bits per heavy atom. The largest absolute Gasteiger partial charge is 0.444 e. The Kier molecular flexibility index (Phi) is 8.44. The number of likely N-dealkylation sites (tertiary alicyclic amines) is 1. The summed E-state index contributed by atoms with van der Waals surface area (Å²) in [6.07, 6.45) is 1.22. The van der Waals surface area contributed by atoms with E-state index in [9.17, 15) is 4.79 Å². The lowest BCUT2D eigenvalue weighted by Gasteiger charge is -2.31. The molecule has 2 unspecified atom stereocenters. The SMILES string of the molecule is CC(C)(C)OC(=O)N1CCCC1C(N)=NCNC(C)(C(N)=NCN)c1ccc(Br)cc1. The van der Waals surface area contributed by atoms with E-state index < -0.39 is 11.1 Å². The summed E-state index contributed by atoms with van der Waals surface area (Å²) in [5.41, 5.74) is 17.6. The van der Waals surface area contributed by atoms with Crippen molar-refractivity contribution in [1.29, 1.82) is 0 Å². The Hall–Kier alpha value is -2.17. The van der Waals surface area contributed by atoms with Crippen LogP contribution in [0.4, 0.5) is 4.79 Å². The van der Waals surface area contributed by atoms with Crippen molar-refractivity contribution < 1.29 is 9.53 Å². The van der Waals surface area contributed by atoms with Gasteiger partial charge in [0.15, 0.2) is 0 Å². The summed E-state index contributed by atoms with van der Waals surface area (Å²) >= 11 is 3.44. The fourth-order valence-corrected chi connectivity index (χ4v) is 3.65. The number of nitrogens with zero attached hydrogens (tertiary/aromatic N) is 3. The van der Waals surface area contributed by atoms with E-state index in [0.29, 0.717) is 18.2 Å². The molecule has 1 aromatic carbocycles. The molecule has 9 nitrogen and oxygen atoms in total. The summed E-state index contributed by atoms with van der Waals surface area (Å²) in [5.74, 6) is 0.727. The van der Waals surface area contributed by atoms with E-state index in [-0.39, 0.29) is 25.5 Å². The zero-order valence-corrected chi connectivity index (χ0v) is 20.3. The number of carbonyl (C=O) groups excluding carboxylic acids is 1. The third-order valence-corrected chi connectivity index (χ3v) is 5.64. The molecule has 0 saturated carbocycles. The molecule has 172 valence electrons. The van der Waals surface area contributed by atoms with Gasteiger partial charge in [0.05, 0.1) is 24.9 Å². The Morgan fingerprint density at radius 1 is 1.23 bits per heavy atom. The van der Waals surface area contributed by atoms with Crippen molar-refractivity contribution in [2.24, 2.45) is 27.2 Å². The van der Waals surface area contributed by atoms with Crippen molar-refractivity contribution in [3.8, 4) is 0 Å². The monoisotopic (exact) mass is 495 g/mol. The molecule has 1 amide bonds. The quantitative estimate of drug-likeness (QED) is 0.337. The summed E-state index contributed by atoms with van der Waals surface area (Å²) < 4.78 is 6.46. The number of amidine groups is 2. The van der Waals surface area contributed by atoms with Gasteiger partial charge in [-0.25, -0.2) is 4.79 Å². The second kappa shape index (κ2) is 10.4. The molecule has 2 rings (SSSR count). The number of aliphatic imine (C=N–C) groups is 2. The highest BCUT2D eigenvalue weighted by molar-refractivity contribution is 9.10. The van der Waals surface area contributed by atoms with Gasteiger partial charge in [0.25, 0.3) is 0 Å². The number of amides is 1. The molecule has 1 aliphatic heterocycles. The summed E-state index contributed by atoms with van der Waals surface area (Å²) in [7, 11) is 0. The molecule has 0 bridgehead atoms. The zero-order valence-electron chi connectivity index (χ0n) is 18.7. The first kappa shape index (κ1) is 25.1. The summed E-state index contributed by atoms with van der Waals surface area (Å²) in [4.78, 5) is 22.8. The highest BCUT2D eigenvalue weighted by Crippen LogP contribution is 2.24. The highest BCUT2D eigenvalue weighted by Gasteiger charge is 2.35. The van der Waals surface area contributed by atoms with Gasteiger partial charge in [-0.3, -0.25) is 20.2 Å². The van der Waals surface area contributed by atoms with Crippen LogP contribution in [-0.4, -0.2) is 54.2 Å². The Bertz CT molecular complexity index is 820. The van der Waals surface area contributed by atoms with Gasteiger partial charge < -0.3 is 21.9 Å². The number of ether oxygens (including phenoxy) is 1. The first-order valence-electron chi connectivity index (χ1n) is 10.3. The number of halogens is 1. The fraction of sp³-hybridized carbons (Fsp3) is 0.571. The second-order valence-electron chi connectivity index (χ2n) is 8.61. The molecule has 0 spiro atoms. The third kappa shape index (κ3) is 6.65. The molecule has 1 saturated heterocycles. The number of nitrogens with one attached hydrogen (secondary N) is 1. The Labute approximate surface area is 192 Å². The Morgan fingerprint density at radius 2 is 1.87 bits per heavy atom. The van der Waals surface area contributed by atoms with Crippen LogP contribution in [0.25, 0.3) is 0 Å². The first-order valence-corrected chi connectivity index (χ1v) is 11.1. The van der Waals surface area contributed by atoms with Gasteiger partial charge in [-0.15, -0.1) is 0 Å². The van der Waals surface area contributed by atoms with Crippen molar-refractivity contribution in [3.05, 3.63) is 34.3 Å². The lowest BCUT2D eigenvalue weighted by Crippen LogP contribution is -2.51. The van der Waals surface area contributed by atoms with Crippen LogP contribution in [0.3, 0.4) is 0 Å². The standard InChI is InChI=1S/C21H34BrN7O2/c1-20(2,3)31-19(30)29-11-5-6-16(29)17(24)27-13-28-21(4,18(25)26-12-23)14-7-9-15(22)10-8-14/h7-10,16,28H,5-6,11-13,23H2,1-4H3,(H2,24,27)(H2,25,26). The lowest BCUT2D eigenvalue weighted by molar-refractivity contribution is 0.0265. The highest BCUT2D eigenvalue weighted by atomic mass is 79.9. The summed E-state index contributed by atoms with van der Waals surface area (Å²) in [5, 5.41) is 3.32. The predicted molar refractivity (Wildman–Crippen MR) is 128 cm³/mol. The van der Waals surface area contributed by atoms with Gasteiger partial charge in [-0.2, -0.15) is 0 Å². The number of nitrogens with two attached hydrogens (primary N) is 3. The number of benzene rings is 1. The van der Waals surface area contributed by atoms with E-state index in [2.05, 4.69) is 31.2 Å². The van der Waals surface area contributed by atoms with E-state index in [1.807, 2.05) is 52.0 Å². The van der Waals surface area contributed by atoms with Gasteiger partial charge in [-0.05, 0) is 58.2 Å². The van der Waals surface area contributed by atoms with Crippen LogP contribution in [0.2, 0.25) is 0 Å². The van der Waals surface area contributed by atoms with E-state index in [4.69, 9.17) is 21.9 Å². The average molecular weight is 496 g/mol. The maximum absolute atomic E-state index is 12.5. The molecule has 1 fully saturated rings. The van der Waals surface area contributed by atoms with Crippen LogP contribution in [0, 0.1) is 0 Å². The van der Waals surface area contributed by atoms with Crippen LogP contribution in [0.15, 0.2) is 38.7 Å². The molecular weight excluding hydrogens is 462 g/mol. The van der Waals surface area contributed by atoms with Crippen LogP contribution < -0.4 is 22.5 Å². The number of rotatable bonds is 7. The van der Waals surface area contributed by atoms with E-state index in [0.717, 1.165) is 22.9 Å². The molecule has 10 heteroatoms. The first-order chi connectivity index (χ1) is 14.5. The molecule has 0 radical (unpaired) electrons. The maximum atomic E-state index is 12.5. The normalized spacial score (nSPS) is 19.9. The van der Waals surface area contributed by atoms with Gasteiger partial charge in [0.1, 0.15) is 17.3 Å². The number of carbonyl (C=O) groups is 1. The van der Waals surface area contributed by atoms with Gasteiger partial charge in [0.2, 0.25) is 0 Å². The van der Waals surface area contributed by atoms with Crippen LogP contribution in [0.1, 0.15) is 46.1 Å². The predicted octanol–water partition coefficient (Wildman–Crippen LogP) is 2.24. The zero-order chi connectivity index (χ0) is 23.2. The minimum Gasteiger partial charge on any atom is -0.444 e. The van der Waals surface area contributed by atoms with Crippen molar-refractivity contribution >= 4 is 33.7 Å². The van der Waals surface area contributed by atoms with Crippen LogP contribution in [-0.2, 0) is 10.3 Å². The van der Waals surface area contributed by atoms with Crippen LogP contribution >= 0.6 is 15.9 Å². The molecule has 1 aromatic rings. The number of hydrogen-bond acceptors (Lipinski definition) is 6. The van der Waals surface area contributed by atoms with E-state index in [1.165, 1.54) is 0 Å². The van der Waals surface area contributed by atoms with Crippen LogP contribution in [0.5, 0.6) is 0 Å². The topological polar surface area (TPSA) is 144 Å². The molecule has 1 aliphatic rings. The lowest BCUT2D eigenvalue weighted by atomic mass is 9.91. The van der Waals surface area contributed by atoms with Crippen molar-refractivity contribution in [2.45, 2.75) is 57.7 Å². The van der Waals surface area contributed by atoms with E-state index >= 15 is 0 Å². The maximum Gasteiger partial charge on any atom is 0.410 e. The van der Waals surface area contributed by atoms with Crippen molar-refractivity contribution in [1.82, 2.24) is 10.2 Å². The molecule has 1 heterocycles. The molecule has 31 heavy (non-hydrogen) atoms. The average Bonchev–Trinajstić information content (AvgIpc) is 3.17. The Balaban J connectivity index is 2.15. The third-order valence-electron chi connectivity index (χ3n) is 5.11. The van der Waals surface area contributed by atoms with Gasteiger partial charge >= 0.3 is 6.09 Å². The second-order valence-corrected chi connectivity index (χ2v) is 9.52. The van der Waals surface area contributed by atoms with Gasteiger partial charge in [0, 0.05) is 11.0 Å². The minimum absolute atomic E-state index is 0.0813.